The zero-order valence-corrected chi connectivity index (χ0v) is 9.84. The minimum atomic E-state index is -2.76. The summed E-state index contributed by atoms with van der Waals surface area (Å²) < 4.78 is 9.27. The van der Waals surface area contributed by atoms with E-state index in [0.717, 1.165) is 14.2 Å². The van der Waals surface area contributed by atoms with E-state index in [-0.39, 0.29) is 11.1 Å². The van der Waals surface area contributed by atoms with Crippen LogP contribution in [0.25, 0.3) is 0 Å². The predicted molar refractivity (Wildman–Crippen MR) is 59.0 cm³/mol. The van der Waals surface area contributed by atoms with Crippen molar-refractivity contribution in [2.24, 2.45) is 0 Å². The van der Waals surface area contributed by atoms with Crippen LogP contribution in [0.2, 0.25) is 0 Å². The van der Waals surface area contributed by atoms with Gasteiger partial charge in [0.2, 0.25) is 11.6 Å². The second-order valence-corrected chi connectivity index (χ2v) is 3.90. The number of Topliss-reactive ketones (excluding diaryl/α,β-unsaturated/α-hetero) is 2. The van der Waals surface area contributed by atoms with Gasteiger partial charge in [-0.3, -0.25) is 9.59 Å². The second kappa shape index (κ2) is 3.96. The maximum atomic E-state index is 12.1. The highest BCUT2D eigenvalue weighted by molar-refractivity contribution is 6.20. The molecule has 1 aromatic carbocycles. The molecule has 18 heavy (non-hydrogen) atoms. The Bertz CT molecular complexity index is 478. The maximum absolute atomic E-state index is 12.1. The minimum Gasteiger partial charge on any atom is -0.355 e. The van der Waals surface area contributed by atoms with E-state index in [9.17, 15) is 19.8 Å². The van der Waals surface area contributed by atoms with E-state index in [4.69, 9.17) is 0 Å². The van der Waals surface area contributed by atoms with Crippen LogP contribution in [0.1, 0.15) is 20.7 Å². The van der Waals surface area contributed by atoms with Crippen LogP contribution >= 0.6 is 0 Å². The lowest BCUT2D eigenvalue weighted by Gasteiger charge is -2.41. The average molecular weight is 252 g/mol. The summed E-state index contributed by atoms with van der Waals surface area (Å²) in [5.74, 6) is -7.37. The van der Waals surface area contributed by atoms with Gasteiger partial charge in [-0.05, 0) is 0 Å². The fraction of sp³-hybridized carbons (Fsp3) is 0.333. The number of ketones is 2. The molecule has 1 aliphatic carbocycles. The third-order valence-corrected chi connectivity index (χ3v) is 3.08. The van der Waals surface area contributed by atoms with E-state index in [0.29, 0.717) is 0 Å². The molecule has 0 bridgehead atoms. The SMILES string of the molecule is CO[C@@]1(O)C(=O)c2ccccc2C(=O)[C@]1(O)OC. The molecule has 2 N–H and O–H groups in total. The largest absolute Gasteiger partial charge is 0.355 e. The van der Waals surface area contributed by atoms with Gasteiger partial charge in [0.25, 0.3) is 11.6 Å². The fourth-order valence-corrected chi connectivity index (χ4v) is 2.01. The molecule has 0 amide bonds. The van der Waals surface area contributed by atoms with E-state index in [1.54, 1.807) is 0 Å². The number of carbonyl (C=O) groups excluding carboxylic acids is 2. The minimum absolute atomic E-state index is 0.0198. The number of rotatable bonds is 2. The van der Waals surface area contributed by atoms with Crippen molar-refractivity contribution in [3.05, 3.63) is 35.4 Å². The summed E-state index contributed by atoms with van der Waals surface area (Å²) in [6.07, 6.45) is 0. The zero-order valence-electron chi connectivity index (χ0n) is 9.84. The molecular weight excluding hydrogens is 240 g/mol. The standard InChI is InChI=1S/C12H12O6/c1-17-11(15)9(13)7-5-3-4-6-8(7)10(14)12(11,16)18-2/h3-6,15-16H,1-2H3/t11-,12-/m0/s1. The van der Waals surface area contributed by atoms with Gasteiger partial charge in [-0.25, -0.2) is 0 Å². The highest BCUT2D eigenvalue weighted by Crippen LogP contribution is 2.37. The lowest BCUT2D eigenvalue weighted by Crippen LogP contribution is -2.68. The topological polar surface area (TPSA) is 93.1 Å². The molecule has 0 spiro atoms. The van der Waals surface area contributed by atoms with Crippen LogP contribution in [0.3, 0.4) is 0 Å². The zero-order chi connectivity index (χ0) is 13.6. The summed E-state index contributed by atoms with van der Waals surface area (Å²) in [6.45, 7) is 0. The van der Waals surface area contributed by atoms with Crippen LogP contribution in [-0.4, -0.2) is 47.6 Å². The third-order valence-electron chi connectivity index (χ3n) is 3.08. The summed E-state index contributed by atoms with van der Waals surface area (Å²) in [7, 11) is 2.01. The molecule has 0 aromatic heterocycles. The van der Waals surface area contributed by atoms with Gasteiger partial charge in [0.15, 0.2) is 0 Å². The molecule has 1 aromatic rings. The Morgan fingerprint density at radius 1 is 0.889 bits per heavy atom. The Morgan fingerprint density at radius 2 is 1.22 bits per heavy atom. The van der Waals surface area contributed by atoms with E-state index >= 15 is 0 Å². The van der Waals surface area contributed by atoms with Crippen molar-refractivity contribution >= 4 is 11.6 Å². The molecule has 0 unspecified atom stereocenters. The number of methoxy groups -OCH3 is 2. The molecule has 2 rings (SSSR count). The first kappa shape index (κ1) is 12.8. The number of hydrogen-bond donors (Lipinski definition) is 2. The molecule has 0 saturated carbocycles. The van der Waals surface area contributed by atoms with Crippen molar-refractivity contribution in [2.75, 3.05) is 14.2 Å². The number of aliphatic hydroxyl groups is 2. The first-order chi connectivity index (χ1) is 8.42. The molecule has 0 saturated heterocycles. The van der Waals surface area contributed by atoms with Gasteiger partial charge in [0.1, 0.15) is 0 Å². The molecule has 0 radical (unpaired) electrons. The van der Waals surface area contributed by atoms with Crippen LogP contribution in [0.4, 0.5) is 0 Å². The van der Waals surface area contributed by atoms with Gasteiger partial charge >= 0.3 is 0 Å². The van der Waals surface area contributed by atoms with Crippen LogP contribution in [0.15, 0.2) is 24.3 Å². The monoisotopic (exact) mass is 252 g/mol. The summed E-state index contributed by atoms with van der Waals surface area (Å²) >= 11 is 0. The summed E-state index contributed by atoms with van der Waals surface area (Å²) in [6, 6.07) is 5.82. The number of benzene rings is 1. The van der Waals surface area contributed by atoms with Gasteiger partial charge < -0.3 is 19.7 Å². The van der Waals surface area contributed by atoms with Crippen LogP contribution in [-0.2, 0) is 9.47 Å². The second-order valence-electron chi connectivity index (χ2n) is 3.90. The molecule has 0 heterocycles. The van der Waals surface area contributed by atoms with Gasteiger partial charge in [-0.1, -0.05) is 24.3 Å². The van der Waals surface area contributed by atoms with Crippen molar-refractivity contribution in [1.29, 1.82) is 0 Å². The summed E-state index contributed by atoms with van der Waals surface area (Å²) in [5.41, 5.74) is -0.0397. The normalized spacial score (nSPS) is 31.3. The fourth-order valence-electron chi connectivity index (χ4n) is 2.01. The van der Waals surface area contributed by atoms with E-state index in [1.807, 2.05) is 0 Å². The van der Waals surface area contributed by atoms with Crippen LogP contribution in [0, 0.1) is 0 Å². The van der Waals surface area contributed by atoms with Gasteiger partial charge in [-0.2, -0.15) is 0 Å². The Hall–Kier alpha value is -1.60. The van der Waals surface area contributed by atoms with Gasteiger partial charge in [0.05, 0.1) is 0 Å². The smallest absolute Gasteiger partial charge is 0.295 e. The summed E-state index contributed by atoms with van der Waals surface area (Å²) in [4.78, 5) is 24.2. The lowest BCUT2D eigenvalue weighted by molar-refractivity contribution is -0.318. The van der Waals surface area contributed by atoms with Crippen molar-refractivity contribution in [2.45, 2.75) is 11.6 Å². The number of carbonyl (C=O) groups is 2. The van der Waals surface area contributed by atoms with E-state index < -0.39 is 23.1 Å². The highest BCUT2D eigenvalue weighted by atomic mass is 16.7. The summed E-state index contributed by atoms with van der Waals surface area (Å²) in [5, 5.41) is 20.2. The predicted octanol–water partition coefficient (Wildman–Crippen LogP) is -0.264. The first-order valence-corrected chi connectivity index (χ1v) is 5.16. The van der Waals surface area contributed by atoms with Crippen molar-refractivity contribution in [3.63, 3.8) is 0 Å². The molecule has 0 aliphatic heterocycles. The van der Waals surface area contributed by atoms with Gasteiger partial charge in [0, 0.05) is 25.3 Å². The molecule has 1 aliphatic rings. The molecule has 2 atom stereocenters. The number of fused-ring (bicyclic) bond motifs is 1. The van der Waals surface area contributed by atoms with Crippen molar-refractivity contribution in [3.8, 4) is 0 Å². The third kappa shape index (κ3) is 1.31. The Labute approximate surface area is 103 Å². The first-order valence-electron chi connectivity index (χ1n) is 5.16. The quantitative estimate of drug-likeness (QED) is 0.704. The van der Waals surface area contributed by atoms with Crippen LogP contribution < -0.4 is 0 Å². The average Bonchev–Trinajstić information content (AvgIpc) is 2.42. The maximum Gasteiger partial charge on any atom is 0.295 e. The number of ether oxygens (including phenoxy) is 2. The highest BCUT2D eigenvalue weighted by Gasteiger charge is 2.65. The Kier molecular flexibility index (Phi) is 2.83. The molecule has 0 fully saturated rings. The Balaban J connectivity index is 2.75. The van der Waals surface area contributed by atoms with Crippen molar-refractivity contribution in [1.82, 2.24) is 0 Å². The van der Waals surface area contributed by atoms with E-state index in [1.165, 1.54) is 24.3 Å². The molecular formula is C12H12O6. The molecule has 96 valence electrons. The van der Waals surface area contributed by atoms with Gasteiger partial charge in [-0.15, -0.1) is 0 Å². The molecule has 6 nitrogen and oxygen atoms in total. The van der Waals surface area contributed by atoms with Crippen LogP contribution in [0.5, 0.6) is 0 Å². The lowest BCUT2D eigenvalue weighted by atomic mass is 9.80. The number of hydrogen-bond acceptors (Lipinski definition) is 6. The van der Waals surface area contributed by atoms with E-state index in [2.05, 4.69) is 9.47 Å². The molecule has 6 heteroatoms. The Morgan fingerprint density at radius 3 is 1.50 bits per heavy atom. The van der Waals surface area contributed by atoms with Crippen molar-refractivity contribution < 1.29 is 29.3 Å².